The topological polar surface area (TPSA) is 63.0 Å². The highest BCUT2D eigenvalue weighted by Crippen LogP contribution is 2.29. The summed E-state index contributed by atoms with van der Waals surface area (Å²) in [5.41, 5.74) is 5.86. The Bertz CT molecular complexity index is 510. The maximum absolute atomic E-state index is 13.1. The smallest absolute Gasteiger partial charge is 0.227 e. The highest BCUT2D eigenvalue weighted by atomic mass is 19.1. The van der Waals surface area contributed by atoms with Gasteiger partial charge in [-0.15, -0.1) is 0 Å². The Hall–Kier alpha value is -2.02. The summed E-state index contributed by atoms with van der Waals surface area (Å²) < 4.78 is 18.1. The van der Waals surface area contributed by atoms with Crippen LogP contribution in [0.4, 0.5) is 10.1 Å². The number of fused-ring (bicyclic) bond motifs is 1. The number of halogens is 1. The molecule has 0 saturated carbocycles. The zero-order chi connectivity index (χ0) is 9.42. The maximum Gasteiger partial charge on any atom is 0.227 e. The molecule has 3 nitrogen and oxygen atoms in total. The van der Waals surface area contributed by atoms with Crippen LogP contribution in [-0.4, -0.2) is 0 Å². The molecule has 2 rings (SSSR count). The Morgan fingerprint density at radius 1 is 1.46 bits per heavy atom. The normalized spacial score (nSPS) is 10.2. The molecule has 0 aliphatic carbocycles. The third-order valence-corrected chi connectivity index (χ3v) is 1.80. The maximum atomic E-state index is 13.1. The van der Waals surface area contributed by atoms with E-state index in [9.17, 15) is 4.39 Å². The van der Waals surface area contributed by atoms with E-state index < -0.39 is 5.82 Å². The van der Waals surface area contributed by atoms with Crippen molar-refractivity contribution in [3.63, 3.8) is 0 Å². The van der Waals surface area contributed by atoms with Gasteiger partial charge >= 0.3 is 0 Å². The molecule has 1 aromatic carbocycles. The van der Waals surface area contributed by atoms with Crippen molar-refractivity contribution in [2.75, 3.05) is 5.73 Å². The predicted molar refractivity (Wildman–Crippen MR) is 45.3 cm³/mol. The Morgan fingerprint density at radius 3 is 2.85 bits per heavy atom. The molecule has 0 fully saturated rings. The fourth-order valence-corrected chi connectivity index (χ4v) is 1.21. The Balaban J connectivity index is 2.95. The SMILES string of the molecule is N#Cc1oc2cccc(F)c2c1N. The van der Waals surface area contributed by atoms with E-state index >= 15 is 0 Å². The third kappa shape index (κ3) is 0.942. The van der Waals surface area contributed by atoms with Crippen LogP contribution in [0.2, 0.25) is 0 Å². The van der Waals surface area contributed by atoms with Crippen LogP contribution in [0.25, 0.3) is 11.0 Å². The van der Waals surface area contributed by atoms with Crippen molar-refractivity contribution in [2.24, 2.45) is 0 Å². The second-order valence-electron chi connectivity index (χ2n) is 2.57. The fourth-order valence-electron chi connectivity index (χ4n) is 1.21. The van der Waals surface area contributed by atoms with Crippen LogP contribution in [0, 0.1) is 17.1 Å². The summed E-state index contributed by atoms with van der Waals surface area (Å²) in [6.45, 7) is 0. The van der Waals surface area contributed by atoms with E-state index in [0.29, 0.717) is 5.58 Å². The zero-order valence-corrected chi connectivity index (χ0v) is 6.54. The van der Waals surface area contributed by atoms with E-state index in [1.165, 1.54) is 12.1 Å². The van der Waals surface area contributed by atoms with Gasteiger partial charge in [-0.2, -0.15) is 5.26 Å². The van der Waals surface area contributed by atoms with E-state index in [1.807, 2.05) is 0 Å². The predicted octanol–water partition coefficient (Wildman–Crippen LogP) is 2.03. The highest BCUT2D eigenvalue weighted by molar-refractivity contribution is 5.92. The molecule has 0 saturated heterocycles. The first-order valence-electron chi connectivity index (χ1n) is 3.60. The molecule has 0 unspecified atom stereocenters. The van der Waals surface area contributed by atoms with Gasteiger partial charge in [0.25, 0.3) is 0 Å². The molecular formula is C9H5FN2O. The van der Waals surface area contributed by atoms with Crippen LogP contribution in [0.5, 0.6) is 0 Å². The van der Waals surface area contributed by atoms with Gasteiger partial charge < -0.3 is 10.2 Å². The number of hydrogen-bond acceptors (Lipinski definition) is 3. The lowest BCUT2D eigenvalue weighted by Gasteiger charge is -1.89. The van der Waals surface area contributed by atoms with E-state index in [2.05, 4.69) is 0 Å². The number of anilines is 1. The molecule has 0 aliphatic heterocycles. The van der Waals surface area contributed by atoms with Crippen molar-refractivity contribution in [3.05, 3.63) is 29.8 Å². The van der Waals surface area contributed by atoms with E-state index in [0.717, 1.165) is 0 Å². The molecule has 2 N–H and O–H groups in total. The summed E-state index contributed by atoms with van der Waals surface area (Å²) in [6.07, 6.45) is 0. The molecule has 0 atom stereocenters. The van der Waals surface area contributed by atoms with Crippen LogP contribution < -0.4 is 5.73 Å². The average molecular weight is 176 g/mol. The van der Waals surface area contributed by atoms with Gasteiger partial charge in [-0.05, 0) is 12.1 Å². The molecule has 4 heteroatoms. The second kappa shape index (κ2) is 2.49. The van der Waals surface area contributed by atoms with Gasteiger partial charge in [-0.1, -0.05) is 6.07 Å². The highest BCUT2D eigenvalue weighted by Gasteiger charge is 2.13. The Morgan fingerprint density at radius 2 is 2.23 bits per heavy atom. The summed E-state index contributed by atoms with van der Waals surface area (Å²) in [7, 11) is 0. The van der Waals surface area contributed by atoms with Crippen LogP contribution >= 0.6 is 0 Å². The molecule has 0 spiro atoms. The van der Waals surface area contributed by atoms with E-state index in [-0.39, 0.29) is 16.8 Å². The monoisotopic (exact) mass is 176 g/mol. The average Bonchev–Trinajstić information content (AvgIpc) is 2.44. The van der Waals surface area contributed by atoms with Crippen LogP contribution in [0.15, 0.2) is 22.6 Å². The van der Waals surface area contributed by atoms with Crippen molar-refractivity contribution in [3.8, 4) is 6.07 Å². The summed E-state index contributed by atoms with van der Waals surface area (Å²) >= 11 is 0. The number of nitrogens with zero attached hydrogens (tertiary/aromatic N) is 1. The molecule has 0 bridgehead atoms. The van der Waals surface area contributed by atoms with Gasteiger partial charge in [0.2, 0.25) is 5.76 Å². The molecule has 64 valence electrons. The first-order valence-corrected chi connectivity index (χ1v) is 3.60. The summed E-state index contributed by atoms with van der Waals surface area (Å²) in [6, 6.07) is 6.09. The Labute approximate surface area is 73.2 Å². The number of rotatable bonds is 0. The van der Waals surface area contributed by atoms with Crippen LogP contribution in [0.1, 0.15) is 5.76 Å². The first-order chi connectivity index (χ1) is 6.24. The van der Waals surface area contributed by atoms with Gasteiger partial charge in [0.15, 0.2) is 0 Å². The van der Waals surface area contributed by atoms with Crippen molar-refractivity contribution >= 4 is 16.7 Å². The minimum atomic E-state index is -0.472. The lowest BCUT2D eigenvalue weighted by Crippen LogP contribution is -1.86. The number of benzene rings is 1. The summed E-state index contributed by atoms with van der Waals surface area (Å²) in [5, 5.41) is 8.74. The largest absolute Gasteiger partial charge is 0.443 e. The standard InChI is InChI=1S/C9H5FN2O/c10-5-2-1-3-6-8(5)9(12)7(4-11)13-6/h1-3H,12H2. The van der Waals surface area contributed by atoms with Gasteiger partial charge in [0.05, 0.1) is 5.39 Å². The number of nitriles is 1. The number of nitrogen functional groups attached to an aromatic ring is 1. The molecular weight excluding hydrogens is 171 g/mol. The molecule has 1 aromatic heterocycles. The van der Waals surface area contributed by atoms with Crippen molar-refractivity contribution in [1.82, 2.24) is 0 Å². The molecule has 0 radical (unpaired) electrons. The molecule has 2 aromatic rings. The second-order valence-corrected chi connectivity index (χ2v) is 2.57. The number of furan rings is 1. The van der Waals surface area contributed by atoms with Crippen LogP contribution in [0.3, 0.4) is 0 Å². The quantitative estimate of drug-likeness (QED) is 0.667. The van der Waals surface area contributed by atoms with E-state index in [4.69, 9.17) is 15.4 Å². The minimum absolute atomic E-state index is 0.0416. The van der Waals surface area contributed by atoms with Gasteiger partial charge in [-0.3, -0.25) is 0 Å². The molecule has 1 heterocycles. The zero-order valence-electron chi connectivity index (χ0n) is 6.54. The summed E-state index contributed by atoms with van der Waals surface area (Å²) in [4.78, 5) is 0. The van der Waals surface area contributed by atoms with Crippen molar-refractivity contribution in [2.45, 2.75) is 0 Å². The van der Waals surface area contributed by atoms with Crippen molar-refractivity contribution in [1.29, 1.82) is 5.26 Å². The van der Waals surface area contributed by atoms with Crippen molar-refractivity contribution < 1.29 is 8.81 Å². The summed E-state index contributed by atoms with van der Waals surface area (Å²) in [5.74, 6) is -0.514. The van der Waals surface area contributed by atoms with Gasteiger partial charge in [-0.25, -0.2) is 4.39 Å². The fraction of sp³-hybridized carbons (Fsp3) is 0. The number of nitrogens with two attached hydrogens (primary N) is 1. The third-order valence-electron chi connectivity index (χ3n) is 1.80. The van der Waals surface area contributed by atoms with Crippen LogP contribution in [-0.2, 0) is 0 Å². The molecule has 13 heavy (non-hydrogen) atoms. The van der Waals surface area contributed by atoms with E-state index in [1.54, 1.807) is 12.1 Å². The lowest BCUT2D eigenvalue weighted by molar-refractivity contribution is 0.597. The van der Waals surface area contributed by atoms with Gasteiger partial charge in [0, 0.05) is 0 Å². The minimum Gasteiger partial charge on any atom is -0.443 e. The van der Waals surface area contributed by atoms with Gasteiger partial charge in [0.1, 0.15) is 23.2 Å². The Kier molecular flexibility index (Phi) is 1.46. The first kappa shape index (κ1) is 7.62. The lowest BCUT2D eigenvalue weighted by atomic mass is 10.2. The molecule has 0 amide bonds. The molecule has 0 aliphatic rings. The number of hydrogen-bond donors (Lipinski definition) is 1.